The first-order valence-electron chi connectivity index (χ1n) is 7.71. The Morgan fingerprint density at radius 3 is 2.90 bits per heavy atom. The minimum Gasteiger partial charge on any atom is -0.329 e. The van der Waals surface area contributed by atoms with Crippen molar-refractivity contribution in [3.05, 3.63) is 56.8 Å². The molecule has 0 fully saturated rings. The Balaban J connectivity index is 1.96. The molecule has 1 aliphatic rings. The molecule has 0 radical (unpaired) electrons. The second kappa shape index (κ2) is 5.91. The zero-order chi connectivity index (χ0) is 15.0. The first-order chi connectivity index (χ1) is 10.1. The maximum absolute atomic E-state index is 6.17. The van der Waals surface area contributed by atoms with Gasteiger partial charge in [-0.15, -0.1) is 11.3 Å². The summed E-state index contributed by atoms with van der Waals surface area (Å²) in [7, 11) is 0. The summed E-state index contributed by atoms with van der Waals surface area (Å²) in [6, 6.07) is 9.64. The fraction of sp³-hybridized carbons (Fsp3) is 0.444. The van der Waals surface area contributed by atoms with Crippen molar-refractivity contribution < 1.29 is 0 Å². The second-order valence-electron chi connectivity index (χ2n) is 6.00. The monoisotopic (exact) mass is 300 g/mol. The average Bonchev–Trinajstić information content (AvgIpc) is 2.95. The van der Waals surface area contributed by atoms with Crippen molar-refractivity contribution in [3.63, 3.8) is 0 Å². The molecular formula is C18H24N2S. The predicted molar refractivity (Wildman–Crippen MR) is 90.9 cm³/mol. The molecule has 0 spiro atoms. The number of benzene rings is 1. The van der Waals surface area contributed by atoms with Crippen LogP contribution in [0.1, 0.15) is 46.1 Å². The van der Waals surface area contributed by atoms with E-state index in [1.807, 2.05) is 11.3 Å². The summed E-state index contributed by atoms with van der Waals surface area (Å²) in [5, 5.41) is 2.22. The third-order valence-electron chi connectivity index (χ3n) is 4.95. The summed E-state index contributed by atoms with van der Waals surface area (Å²) < 4.78 is 0. The molecule has 0 amide bonds. The van der Waals surface area contributed by atoms with Crippen molar-refractivity contribution in [3.8, 4) is 0 Å². The number of fused-ring (bicyclic) bond motifs is 1. The molecule has 0 saturated carbocycles. The lowest BCUT2D eigenvalue weighted by atomic mass is 9.92. The van der Waals surface area contributed by atoms with Gasteiger partial charge in [0.1, 0.15) is 0 Å². The number of rotatable bonds is 3. The van der Waals surface area contributed by atoms with E-state index in [2.05, 4.69) is 55.3 Å². The second-order valence-corrected chi connectivity index (χ2v) is 7.00. The minimum atomic E-state index is 0.313. The molecule has 2 unspecified atom stereocenters. The van der Waals surface area contributed by atoms with Crippen molar-refractivity contribution >= 4 is 11.3 Å². The maximum Gasteiger partial charge on any atom is 0.0479 e. The van der Waals surface area contributed by atoms with E-state index in [1.54, 1.807) is 4.88 Å². The normalized spacial score (nSPS) is 20.3. The minimum absolute atomic E-state index is 0.313. The average molecular weight is 300 g/mol. The molecule has 0 aliphatic carbocycles. The van der Waals surface area contributed by atoms with Gasteiger partial charge in [0.05, 0.1) is 0 Å². The van der Waals surface area contributed by atoms with Crippen molar-refractivity contribution in [1.29, 1.82) is 0 Å². The van der Waals surface area contributed by atoms with E-state index in [-0.39, 0.29) is 0 Å². The van der Waals surface area contributed by atoms with Crippen LogP contribution in [0.3, 0.4) is 0 Å². The van der Waals surface area contributed by atoms with E-state index in [0.29, 0.717) is 18.6 Å². The molecule has 2 heterocycles. The molecule has 0 bridgehead atoms. The zero-order valence-corrected chi connectivity index (χ0v) is 13.9. The largest absolute Gasteiger partial charge is 0.329 e. The fourth-order valence-electron chi connectivity index (χ4n) is 3.53. The van der Waals surface area contributed by atoms with Crippen molar-refractivity contribution in [2.45, 2.75) is 39.3 Å². The Kier molecular flexibility index (Phi) is 4.16. The Morgan fingerprint density at radius 1 is 1.33 bits per heavy atom. The quantitative estimate of drug-likeness (QED) is 0.929. The molecule has 2 atom stereocenters. The van der Waals surface area contributed by atoms with Gasteiger partial charge in [0.2, 0.25) is 0 Å². The van der Waals surface area contributed by atoms with E-state index in [9.17, 15) is 0 Å². The van der Waals surface area contributed by atoms with Crippen LogP contribution in [0.25, 0.3) is 0 Å². The van der Waals surface area contributed by atoms with Gasteiger partial charge in [-0.2, -0.15) is 0 Å². The van der Waals surface area contributed by atoms with Crippen LogP contribution in [0.5, 0.6) is 0 Å². The lowest BCUT2D eigenvalue weighted by Gasteiger charge is -2.40. The standard InChI is InChI=1S/C18H24N2S/c1-12-5-4-6-15(13(12)2)17(11-19)20-9-7-18-16(14(20)3)8-10-21-18/h4-6,8,10,14,17H,7,9,11,19H2,1-3H3. The molecule has 21 heavy (non-hydrogen) atoms. The summed E-state index contributed by atoms with van der Waals surface area (Å²) >= 11 is 1.89. The Hall–Kier alpha value is -1.16. The molecule has 1 aromatic carbocycles. The molecule has 2 nitrogen and oxygen atoms in total. The van der Waals surface area contributed by atoms with Crippen molar-refractivity contribution in [2.24, 2.45) is 5.73 Å². The van der Waals surface area contributed by atoms with Gasteiger partial charge in [-0.05, 0) is 60.9 Å². The van der Waals surface area contributed by atoms with Crippen LogP contribution in [0, 0.1) is 13.8 Å². The first-order valence-corrected chi connectivity index (χ1v) is 8.59. The number of hydrogen-bond acceptors (Lipinski definition) is 3. The van der Waals surface area contributed by atoms with E-state index in [4.69, 9.17) is 5.73 Å². The van der Waals surface area contributed by atoms with Crippen LogP contribution in [0.15, 0.2) is 29.6 Å². The summed E-state index contributed by atoms with van der Waals surface area (Å²) in [6.45, 7) is 8.50. The van der Waals surface area contributed by atoms with Crippen molar-refractivity contribution in [2.75, 3.05) is 13.1 Å². The van der Waals surface area contributed by atoms with E-state index in [1.165, 1.54) is 22.3 Å². The van der Waals surface area contributed by atoms with Crippen LogP contribution in [0.2, 0.25) is 0 Å². The van der Waals surface area contributed by atoms with Gasteiger partial charge in [-0.3, -0.25) is 4.90 Å². The lowest BCUT2D eigenvalue weighted by Crippen LogP contribution is -2.40. The van der Waals surface area contributed by atoms with Gasteiger partial charge in [0, 0.05) is 30.1 Å². The lowest BCUT2D eigenvalue weighted by molar-refractivity contribution is 0.138. The number of nitrogens with zero attached hydrogens (tertiary/aromatic N) is 1. The molecule has 2 aromatic rings. The number of nitrogens with two attached hydrogens (primary N) is 1. The molecule has 1 aliphatic heterocycles. The van der Waals surface area contributed by atoms with E-state index in [0.717, 1.165) is 13.0 Å². The highest BCUT2D eigenvalue weighted by atomic mass is 32.1. The van der Waals surface area contributed by atoms with Crippen LogP contribution < -0.4 is 5.73 Å². The van der Waals surface area contributed by atoms with Crippen molar-refractivity contribution in [1.82, 2.24) is 4.90 Å². The smallest absolute Gasteiger partial charge is 0.0479 e. The first kappa shape index (κ1) is 14.8. The van der Waals surface area contributed by atoms with Crippen LogP contribution in [-0.4, -0.2) is 18.0 Å². The number of aryl methyl sites for hydroxylation is 1. The van der Waals surface area contributed by atoms with Crippen LogP contribution >= 0.6 is 11.3 Å². The predicted octanol–water partition coefficient (Wildman–Crippen LogP) is 3.98. The topological polar surface area (TPSA) is 29.3 Å². The molecule has 3 rings (SSSR count). The number of hydrogen-bond donors (Lipinski definition) is 1. The third kappa shape index (κ3) is 2.54. The molecule has 1 aromatic heterocycles. The summed E-state index contributed by atoms with van der Waals surface area (Å²) in [5.41, 5.74) is 11.8. The van der Waals surface area contributed by atoms with Gasteiger partial charge in [-0.25, -0.2) is 0 Å². The molecule has 2 N–H and O–H groups in total. The van der Waals surface area contributed by atoms with Crippen LogP contribution in [-0.2, 0) is 6.42 Å². The zero-order valence-electron chi connectivity index (χ0n) is 13.1. The van der Waals surface area contributed by atoms with Crippen LogP contribution in [0.4, 0.5) is 0 Å². The van der Waals surface area contributed by atoms with Gasteiger partial charge in [0.25, 0.3) is 0 Å². The summed E-state index contributed by atoms with van der Waals surface area (Å²) in [4.78, 5) is 4.13. The molecule has 3 heteroatoms. The van der Waals surface area contributed by atoms with Gasteiger partial charge in [0.15, 0.2) is 0 Å². The summed E-state index contributed by atoms with van der Waals surface area (Å²) in [5.74, 6) is 0. The maximum atomic E-state index is 6.17. The molecule has 0 saturated heterocycles. The Morgan fingerprint density at radius 2 is 2.14 bits per heavy atom. The molecule has 112 valence electrons. The fourth-order valence-corrected chi connectivity index (χ4v) is 4.49. The van der Waals surface area contributed by atoms with Gasteiger partial charge >= 0.3 is 0 Å². The highest BCUT2D eigenvalue weighted by Crippen LogP contribution is 2.38. The van der Waals surface area contributed by atoms with E-state index < -0.39 is 0 Å². The Labute approximate surface area is 131 Å². The van der Waals surface area contributed by atoms with Gasteiger partial charge < -0.3 is 5.73 Å². The highest BCUT2D eigenvalue weighted by molar-refractivity contribution is 7.10. The number of thiophene rings is 1. The van der Waals surface area contributed by atoms with E-state index >= 15 is 0 Å². The van der Waals surface area contributed by atoms with Gasteiger partial charge in [-0.1, -0.05) is 18.2 Å². The highest BCUT2D eigenvalue weighted by Gasteiger charge is 2.31. The summed E-state index contributed by atoms with van der Waals surface area (Å²) in [6.07, 6.45) is 1.15. The molecular weight excluding hydrogens is 276 g/mol. The Bertz CT molecular complexity index is 632. The third-order valence-corrected chi connectivity index (χ3v) is 5.95. The SMILES string of the molecule is Cc1cccc(C(CN)N2CCc3sccc3C2C)c1C.